The van der Waals surface area contributed by atoms with Crippen LogP contribution in [0.4, 0.5) is 0 Å². The van der Waals surface area contributed by atoms with Gasteiger partial charge in [0.25, 0.3) is 0 Å². The lowest BCUT2D eigenvalue weighted by atomic mass is 10.1. The zero-order valence-corrected chi connectivity index (χ0v) is 6.59. The van der Waals surface area contributed by atoms with E-state index in [2.05, 4.69) is 0 Å². The number of aryl methyl sites for hydroxylation is 2. The highest BCUT2D eigenvalue weighted by Gasteiger charge is 2.01. The van der Waals surface area contributed by atoms with Gasteiger partial charge >= 0.3 is 0 Å². The van der Waals surface area contributed by atoms with E-state index in [1.165, 1.54) is 0 Å². The minimum absolute atomic E-state index is 0.676. The second-order valence-electron chi connectivity index (χ2n) is 2.41. The zero-order valence-electron chi connectivity index (χ0n) is 6.59. The third kappa shape index (κ3) is 1.69. The van der Waals surface area contributed by atoms with Crippen molar-refractivity contribution in [3.63, 3.8) is 0 Å². The first kappa shape index (κ1) is 8.04. The summed E-state index contributed by atoms with van der Waals surface area (Å²) >= 11 is 0. The SMILES string of the molecule is Cc1cccc(C)c1ONO. The smallest absolute Gasteiger partial charge is 0.155 e. The van der Waals surface area contributed by atoms with Crippen molar-refractivity contribution in [2.75, 3.05) is 0 Å². The van der Waals surface area contributed by atoms with Crippen LogP contribution in [0, 0.1) is 13.8 Å². The number of hydrogen-bond acceptors (Lipinski definition) is 3. The van der Waals surface area contributed by atoms with Gasteiger partial charge in [0.05, 0.1) is 0 Å². The molecule has 11 heavy (non-hydrogen) atoms. The number of benzene rings is 1. The standard InChI is InChI=1S/C8H11NO2/c1-6-4-3-5-7(2)8(6)11-9-10/h3-5,9-10H,1-2H3. The third-order valence-corrected chi connectivity index (χ3v) is 1.56. The second-order valence-corrected chi connectivity index (χ2v) is 2.41. The van der Waals surface area contributed by atoms with Gasteiger partial charge in [0.1, 0.15) is 0 Å². The molecule has 0 unspecified atom stereocenters. The maximum absolute atomic E-state index is 8.30. The van der Waals surface area contributed by atoms with E-state index in [1.54, 1.807) is 5.64 Å². The maximum atomic E-state index is 8.30. The van der Waals surface area contributed by atoms with Crippen LogP contribution < -0.4 is 10.5 Å². The minimum Gasteiger partial charge on any atom is -0.383 e. The van der Waals surface area contributed by atoms with Gasteiger partial charge in [-0.2, -0.15) is 0 Å². The molecule has 0 amide bonds. The first-order valence-electron chi connectivity index (χ1n) is 3.38. The summed E-state index contributed by atoms with van der Waals surface area (Å²) in [5.74, 6) is 0.676. The van der Waals surface area contributed by atoms with Gasteiger partial charge < -0.3 is 4.84 Å². The van der Waals surface area contributed by atoms with E-state index in [-0.39, 0.29) is 0 Å². The number of nitrogens with one attached hydrogen (secondary N) is 1. The molecule has 0 aromatic heterocycles. The van der Waals surface area contributed by atoms with Crippen molar-refractivity contribution < 1.29 is 10.0 Å². The Morgan fingerprint density at radius 1 is 1.27 bits per heavy atom. The maximum Gasteiger partial charge on any atom is 0.155 e. The van der Waals surface area contributed by atoms with Crippen LogP contribution in [0.15, 0.2) is 18.2 Å². The summed E-state index contributed by atoms with van der Waals surface area (Å²) in [4.78, 5) is 4.77. The minimum atomic E-state index is 0.676. The van der Waals surface area contributed by atoms with Crippen molar-refractivity contribution in [2.45, 2.75) is 13.8 Å². The molecular weight excluding hydrogens is 142 g/mol. The van der Waals surface area contributed by atoms with E-state index < -0.39 is 0 Å². The Morgan fingerprint density at radius 2 is 1.82 bits per heavy atom. The van der Waals surface area contributed by atoms with E-state index in [0.29, 0.717) is 5.75 Å². The second kappa shape index (κ2) is 3.37. The van der Waals surface area contributed by atoms with E-state index in [9.17, 15) is 0 Å². The highest BCUT2D eigenvalue weighted by molar-refractivity contribution is 5.39. The van der Waals surface area contributed by atoms with Gasteiger partial charge in [-0.1, -0.05) is 18.2 Å². The Bertz CT molecular complexity index is 228. The monoisotopic (exact) mass is 153 g/mol. The van der Waals surface area contributed by atoms with Gasteiger partial charge in [-0.25, -0.2) is 0 Å². The number of hydrogen-bond donors (Lipinski definition) is 2. The molecule has 1 rings (SSSR count). The lowest BCUT2D eigenvalue weighted by Crippen LogP contribution is -2.13. The highest BCUT2D eigenvalue weighted by Crippen LogP contribution is 2.20. The molecule has 0 bridgehead atoms. The Kier molecular flexibility index (Phi) is 2.46. The molecule has 0 saturated heterocycles. The molecule has 0 spiro atoms. The van der Waals surface area contributed by atoms with Gasteiger partial charge in [-0.05, 0) is 30.6 Å². The van der Waals surface area contributed by atoms with Crippen LogP contribution >= 0.6 is 0 Å². The average molecular weight is 153 g/mol. The third-order valence-electron chi connectivity index (χ3n) is 1.56. The van der Waals surface area contributed by atoms with Gasteiger partial charge in [-0.3, -0.25) is 5.21 Å². The Morgan fingerprint density at radius 3 is 2.27 bits per heavy atom. The number of rotatable bonds is 2. The van der Waals surface area contributed by atoms with Crippen molar-refractivity contribution in [3.8, 4) is 5.75 Å². The van der Waals surface area contributed by atoms with Crippen LogP contribution in [-0.4, -0.2) is 5.21 Å². The fourth-order valence-electron chi connectivity index (χ4n) is 1.01. The normalized spacial score (nSPS) is 9.73. The first-order chi connectivity index (χ1) is 5.25. The molecule has 1 aromatic rings. The molecule has 0 aliphatic rings. The van der Waals surface area contributed by atoms with Crippen molar-refractivity contribution in [1.82, 2.24) is 5.64 Å². The molecule has 60 valence electrons. The van der Waals surface area contributed by atoms with E-state index in [1.807, 2.05) is 32.0 Å². The van der Waals surface area contributed by atoms with Gasteiger partial charge in [0, 0.05) is 0 Å². The molecule has 2 N–H and O–H groups in total. The molecule has 0 saturated carbocycles. The largest absolute Gasteiger partial charge is 0.383 e. The van der Waals surface area contributed by atoms with E-state index in [4.69, 9.17) is 10.0 Å². The summed E-state index contributed by atoms with van der Waals surface area (Å²) in [7, 11) is 0. The molecule has 0 radical (unpaired) electrons. The van der Waals surface area contributed by atoms with E-state index >= 15 is 0 Å². The zero-order chi connectivity index (χ0) is 8.27. The summed E-state index contributed by atoms with van der Waals surface area (Å²) in [6.07, 6.45) is 0. The fraction of sp³-hybridized carbons (Fsp3) is 0.250. The summed E-state index contributed by atoms with van der Waals surface area (Å²) in [5.41, 5.74) is 3.65. The summed E-state index contributed by atoms with van der Waals surface area (Å²) in [6, 6.07) is 5.77. The quantitative estimate of drug-likeness (QED) is 0.634. The van der Waals surface area contributed by atoms with E-state index in [0.717, 1.165) is 11.1 Å². The van der Waals surface area contributed by atoms with Crippen LogP contribution in [-0.2, 0) is 0 Å². The van der Waals surface area contributed by atoms with Gasteiger partial charge in [-0.15, -0.1) is 0 Å². The Balaban J connectivity index is 3.00. The van der Waals surface area contributed by atoms with Crippen molar-refractivity contribution in [1.29, 1.82) is 0 Å². The average Bonchev–Trinajstić information content (AvgIpc) is 1.97. The summed E-state index contributed by atoms with van der Waals surface area (Å²) < 4.78 is 0. The molecule has 0 atom stereocenters. The van der Waals surface area contributed by atoms with Crippen molar-refractivity contribution in [2.24, 2.45) is 0 Å². The Hall–Kier alpha value is -1.06. The predicted molar refractivity (Wildman–Crippen MR) is 41.5 cm³/mol. The molecular formula is C8H11NO2. The van der Waals surface area contributed by atoms with Gasteiger partial charge in [0.15, 0.2) is 5.75 Å². The summed E-state index contributed by atoms with van der Waals surface area (Å²) in [6.45, 7) is 3.83. The molecule has 0 fully saturated rings. The van der Waals surface area contributed by atoms with Crippen LogP contribution in [0.1, 0.15) is 11.1 Å². The molecule has 3 nitrogen and oxygen atoms in total. The Labute approximate surface area is 65.5 Å². The lowest BCUT2D eigenvalue weighted by molar-refractivity contribution is -0.0445. The van der Waals surface area contributed by atoms with Gasteiger partial charge in [0.2, 0.25) is 0 Å². The lowest BCUT2D eigenvalue weighted by Gasteiger charge is -2.07. The molecule has 0 aliphatic heterocycles. The fourth-order valence-corrected chi connectivity index (χ4v) is 1.01. The van der Waals surface area contributed by atoms with Crippen LogP contribution in [0.5, 0.6) is 5.75 Å². The molecule has 0 aliphatic carbocycles. The topological polar surface area (TPSA) is 41.5 Å². The molecule has 0 heterocycles. The highest BCUT2D eigenvalue weighted by atomic mass is 16.8. The van der Waals surface area contributed by atoms with Crippen LogP contribution in [0.25, 0.3) is 0 Å². The molecule has 1 aromatic carbocycles. The number of para-hydroxylation sites is 1. The van der Waals surface area contributed by atoms with Crippen LogP contribution in [0.3, 0.4) is 0 Å². The van der Waals surface area contributed by atoms with Crippen molar-refractivity contribution in [3.05, 3.63) is 29.3 Å². The van der Waals surface area contributed by atoms with Crippen LogP contribution in [0.2, 0.25) is 0 Å². The molecule has 3 heteroatoms. The first-order valence-corrected chi connectivity index (χ1v) is 3.38. The van der Waals surface area contributed by atoms with Crippen molar-refractivity contribution >= 4 is 0 Å². The predicted octanol–water partition coefficient (Wildman–Crippen LogP) is 1.58. The summed E-state index contributed by atoms with van der Waals surface area (Å²) in [5, 5.41) is 8.30.